The quantitative estimate of drug-likeness (QED) is 0.699. The minimum atomic E-state index is -1.34. The van der Waals surface area contributed by atoms with Crippen LogP contribution in [0.15, 0.2) is 57.9 Å². The Bertz CT molecular complexity index is 828. The van der Waals surface area contributed by atoms with Gasteiger partial charge in [-0.05, 0) is 55.7 Å². The number of amides is 1. The molecule has 27 heavy (non-hydrogen) atoms. The number of carbonyl (C=O) groups is 1. The molecule has 0 radical (unpaired) electrons. The van der Waals surface area contributed by atoms with E-state index in [0.717, 1.165) is 30.3 Å². The van der Waals surface area contributed by atoms with Crippen molar-refractivity contribution in [2.75, 3.05) is 18.5 Å². The van der Waals surface area contributed by atoms with Gasteiger partial charge in [0.15, 0.2) is 0 Å². The molecule has 1 heterocycles. The first-order valence-corrected chi connectivity index (χ1v) is 10.9. The number of aliphatic hydroxyl groups excluding tert-OH is 1. The highest BCUT2D eigenvalue weighted by molar-refractivity contribution is 9.10. The molecule has 2 aromatic rings. The van der Waals surface area contributed by atoms with Crippen molar-refractivity contribution < 1.29 is 14.1 Å². The van der Waals surface area contributed by atoms with Crippen LogP contribution < -0.4 is 5.32 Å². The molecule has 1 saturated heterocycles. The van der Waals surface area contributed by atoms with Gasteiger partial charge in [0.05, 0.1) is 4.90 Å². The Hall–Kier alpha value is -1.54. The van der Waals surface area contributed by atoms with Gasteiger partial charge in [0, 0.05) is 34.9 Å². The smallest absolute Gasteiger partial charge is 0.255 e. The summed E-state index contributed by atoms with van der Waals surface area (Å²) in [7, 11) is -1.34. The van der Waals surface area contributed by atoms with Crippen LogP contribution in [0.5, 0.6) is 0 Å². The monoisotopic (exact) mass is 450 g/mol. The normalized spacial score (nSPS) is 18.8. The van der Waals surface area contributed by atoms with Gasteiger partial charge in [0.2, 0.25) is 0 Å². The summed E-state index contributed by atoms with van der Waals surface area (Å²) in [6.07, 6.45) is 3.65. The van der Waals surface area contributed by atoms with E-state index in [-0.39, 0.29) is 18.6 Å². The first kappa shape index (κ1) is 20.2. The van der Waals surface area contributed by atoms with E-state index >= 15 is 0 Å². The minimum absolute atomic E-state index is 0.0907. The predicted molar refractivity (Wildman–Crippen MR) is 111 cm³/mol. The number of anilines is 1. The highest BCUT2D eigenvalue weighted by Gasteiger charge is 2.27. The molecule has 0 aromatic heterocycles. The van der Waals surface area contributed by atoms with E-state index < -0.39 is 11.0 Å². The molecular weight excluding hydrogens is 428 g/mol. The van der Waals surface area contributed by atoms with Crippen molar-refractivity contribution >= 4 is 38.5 Å². The molecule has 0 aliphatic carbocycles. The maximum atomic E-state index is 13.1. The maximum Gasteiger partial charge on any atom is 0.255 e. The average Bonchev–Trinajstić information content (AvgIpc) is 2.68. The molecule has 2 unspecified atom stereocenters. The molecule has 1 amide bonds. The van der Waals surface area contributed by atoms with Crippen LogP contribution in [0.25, 0.3) is 0 Å². The van der Waals surface area contributed by atoms with Crippen molar-refractivity contribution in [1.82, 2.24) is 4.31 Å². The maximum absolute atomic E-state index is 13.1. The highest BCUT2D eigenvalue weighted by Crippen LogP contribution is 2.25. The number of carbonyl (C=O) groups excluding carboxylic acids is 1. The summed E-state index contributed by atoms with van der Waals surface area (Å²) in [5.74, 6) is -0.238. The number of nitrogens with one attached hydrogen (secondary N) is 1. The van der Waals surface area contributed by atoms with Gasteiger partial charge in [-0.25, -0.2) is 8.51 Å². The average molecular weight is 451 g/mol. The molecule has 5 nitrogen and oxygen atoms in total. The van der Waals surface area contributed by atoms with E-state index in [9.17, 15) is 14.1 Å². The van der Waals surface area contributed by atoms with Crippen molar-refractivity contribution in [2.24, 2.45) is 0 Å². The van der Waals surface area contributed by atoms with E-state index in [2.05, 4.69) is 21.2 Å². The van der Waals surface area contributed by atoms with Gasteiger partial charge in [-0.15, -0.1) is 0 Å². The van der Waals surface area contributed by atoms with Gasteiger partial charge >= 0.3 is 0 Å². The van der Waals surface area contributed by atoms with Crippen molar-refractivity contribution in [3.8, 4) is 0 Å². The van der Waals surface area contributed by atoms with Gasteiger partial charge in [0.25, 0.3) is 5.91 Å². The van der Waals surface area contributed by atoms with Crippen LogP contribution in [0, 0.1) is 0 Å². The third-order valence-corrected chi connectivity index (χ3v) is 6.69. The molecule has 144 valence electrons. The van der Waals surface area contributed by atoms with Crippen LogP contribution in [0.4, 0.5) is 5.69 Å². The number of halogens is 1. The molecule has 1 aliphatic rings. The van der Waals surface area contributed by atoms with Crippen molar-refractivity contribution in [1.29, 1.82) is 0 Å². The third kappa shape index (κ3) is 5.25. The molecule has 3 rings (SSSR count). The summed E-state index contributed by atoms with van der Waals surface area (Å²) in [5.41, 5.74) is 1.16. The molecular formula is C20H23BrN2O3S. The summed E-state index contributed by atoms with van der Waals surface area (Å²) in [4.78, 5) is 13.2. The van der Waals surface area contributed by atoms with E-state index in [1.165, 1.54) is 0 Å². The lowest BCUT2D eigenvalue weighted by molar-refractivity contribution is 0.102. The Morgan fingerprint density at radius 1 is 1.22 bits per heavy atom. The topological polar surface area (TPSA) is 69.6 Å². The summed E-state index contributed by atoms with van der Waals surface area (Å²) in [6, 6.07) is 14.5. The Balaban J connectivity index is 1.76. The fourth-order valence-electron chi connectivity index (χ4n) is 3.28. The number of aliphatic hydroxyl groups is 1. The predicted octanol–water partition coefficient (Wildman–Crippen LogP) is 3.96. The second kappa shape index (κ2) is 9.59. The Morgan fingerprint density at radius 2 is 2.04 bits per heavy atom. The number of hydrogen-bond acceptors (Lipinski definition) is 3. The largest absolute Gasteiger partial charge is 0.396 e. The number of piperidine rings is 1. The number of benzene rings is 2. The molecule has 7 heteroatoms. The summed E-state index contributed by atoms with van der Waals surface area (Å²) in [6.45, 7) is 0.833. The third-order valence-electron chi connectivity index (χ3n) is 4.63. The lowest BCUT2D eigenvalue weighted by Crippen LogP contribution is -2.41. The van der Waals surface area contributed by atoms with Crippen LogP contribution in [-0.2, 0) is 11.0 Å². The van der Waals surface area contributed by atoms with E-state index in [4.69, 9.17) is 0 Å². The van der Waals surface area contributed by atoms with Gasteiger partial charge in [-0.3, -0.25) is 4.79 Å². The Kier molecular flexibility index (Phi) is 7.18. The van der Waals surface area contributed by atoms with Crippen molar-refractivity contribution in [2.45, 2.75) is 36.6 Å². The lowest BCUT2D eigenvalue weighted by Gasteiger charge is -2.34. The van der Waals surface area contributed by atoms with E-state index in [1.54, 1.807) is 24.3 Å². The molecule has 1 aliphatic heterocycles. The molecule has 2 aromatic carbocycles. The van der Waals surface area contributed by atoms with E-state index in [1.807, 2.05) is 28.6 Å². The van der Waals surface area contributed by atoms with Crippen LogP contribution in [0.3, 0.4) is 0 Å². The molecule has 2 atom stereocenters. The molecule has 0 bridgehead atoms. The van der Waals surface area contributed by atoms with Crippen LogP contribution >= 0.6 is 15.9 Å². The fourth-order valence-corrected chi connectivity index (χ4v) is 5.15. The summed E-state index contributed by atoms with van der Waals surface area (Å²) >= 11 is 3.39. The second-order valence-electron chi connectivity index (χ2n) is 6.54. The minimum Gasteiger partial charge on any atom is -0.396 e. The standard InChI is InChI=1S/C20H23BrN2O3S/c21-16-6-4-7-17(14-16)22-20(25)15-5-3-9-19(13-15)27(26)23-11-2-1-8-18(23)10-12-24/h3-7,9,13-14,18,24H,1-2,8,10-12H2,(H,22,25). The first-order chi connectivity index (χ1) is 13.1. The zero-order valence-electron chi connectivity index (χ0n) is 14.9. The Morgan fingerprint density at radius 3 is 2.81 bits per heavy atom. The zero-order valence-corrected chi connectivity index (χ0v) is 17.3. The second-order valence-corrected chi connectivity index (χ2v) is 8.90. The lowest BCUT2D eigenvalue weighted by atomic mass is 10.0. The first-order valence-electron chi connectivity index (χ1n) is 9.05. The SMILES string of the molecule is O=C(Nc1cccc(Br)c1)c1cccc(S(=O)N2CCCCC2CCO)c1. The van der Waals surface area contributed by atoms with Crippen LogP contribution in [0.2, 0.25) is 0 Å². The fraction of sp³-hybridized carbons (Fsp3) is 0.350. The van der Waals surface area contributed by atoms with Gasteiger partial charge < -0.3 is 10.4 Å². The number of nitrogens with zero attached hydrogens (tertiary/aromatic N) is 1. The summed E-state index contributed by atoms with van der Waals surface area (Å²) < 4.78 is 15.9. The molecule has 1 fully saturated rings. The van der Waals surface area contributed by atoms with Gasteiger partial charge in [-0.2, -0.15) is 0 Å². The number of rotatable bonds is 6. The number of hydrogen-bond donors (Lipinski definition) is 2. The molecule has 2 N–H and O–H groups in total. The van der Waals surface area contributed by atoms with Crippen LogP contribution in [-0.4, -0.2) is 38.7 Å². The van der Waals surface area contributed by atoms with Crippen molar-refractivity contribution in [3.63, 3.8) is 0 Å². The highest BCUT2D eigenvalue weighted by atomic mass is 79.9. The Labute approximate surface area is 170 Å². The van der Waals surface area contributed by atoms with E-state index in [0.29, 0.717) is 22.6 Å². The summed E-state index contributed by atoms with van der Waals surface area (Å²) in [5, 5.41) is 12.1. The molecule has 0 spiro atoms. The van der Waals surface area contributed by atoms with Crippen LogP contribution in [0.1, 0.15) is 36.0 Å². The zero-order chi connectivity index (χ0) is 19.2. The van der Waals surface area contributed by atoms with Gasteiger partial charge in [0.1, 0.15) is 11.0 Å². The van der Waals surface area contributed by atoms with Crippen molar-refractivity contribution in [3.05, 3.63) is 58.6 Å². The molecule has 0 saturated carbocycles. The van der Waals surface area contributed by atoms with Gasteiger partial charge in [-0.1, -0.05) is 34.5 Å².